The van der Waals surface area contributed by atoms with Crippen LogP contribution >= 0.6 is 0 Å². The zero-order valence-corrected chi connectivity index (χ0v) is 15.4. The third kappa shape index (κ3) is 5.68. The first-order chi connectivity index (χ1) is 12.1. The van der Waals surface area contributed by atoms with Crippen LogP contribution in [-0.2, 0) is 9.59 Å². The van der Waals surface area contributed by atoms with E-state index in [0.717, 1.165) is 12.8 Å². The Hall–Kier alpha value is -2.18. The molecule has 5 nitrogen and oxygen atoms in total. The SMILES string of the molecule is CC(C)(C)NC(=O)CC1(C(=O)Nc2ccc(OC(F)F)cc2)CCCC1. The van der Waals surface area contributed by atoms with E-state index in [0.29, 0.717) is 18.5 Å². The van der Waals surface area contributed by atoms with E-state index in [1.165, 1.54) is 24.3 Å². The van der Waals surface area contributed by atoms with E-state index in [9.17, 15) is 18.4 Å². The van der Waals surface area contributed by atoms with Crippen LogP contribution in [0.25, 0.3) is 0 Å². The quantitative estimate of drug-likeness (QED) is 0.795. The van der Waals surface area contributed by atoms with Crippen molar-refractivity contribution >= 4 is 17.5 Å². The molecule has 0 spiro atoms. The normalized spacial score (nSPS) is 16.4. The minimum Gasteiger partial charge on any atom is -0.435 e. The molecule has 144 valence electrons. The molecule has 0 atom stereocenters. The molecule has 7 heteroatoms. The number of hydrogen-bond donors (Lipinski definition) is 2. The second-order valence-corrected chi connectivity index (χ2v) is 7.82. The van der Waals surface area contributed by atoms with Crippen LogP contribution in [0.3, 0.4) is 0 Å². The fraction of sp³-hybridized carbons (Fsp3) is 0.579. The maximum absolute atomic E-state index is 12.9. The molecule has 1 aromatic carbocycles. The van der Waals surface area contributed by atoms with E-state index < -0.39 is 12.0 Å². The van der Waals surface area contributed by atoms with Crippen LogP contribution in [0.4, 0.5) is 14.5 Å². The van der Waals surface area contributed by atoms with Gasteiger partial charge in [0.25, 0.3) is 0 Å². The van der Waals surface area contributed by atoms with Gasteiger partial charge in [0, 0.05) is 17.6 Å². The molecule has 0 unspecified atom stereocenters. The van der Waals surface area contributed by atoms with Gasteiger partial charge in [0.2, 0.25) is 11.8 Å². The number of ether oxygens (including phenoxy) is 1. The van der Waals surface area contributed by atoms with Crippen LogP contribution in [-0.4, -0.2) is 24.0 Å². The summed E-state index contributed by atoms with van der Waals surface area (Å²) in [4.78, 5) is 25.2. The van der Waals surface area contributed by atoms with Crippen molar-refractivity contribution in [2.24, 2.45) is 5.41 Å². The van der Waals surface area contributed by atoms with Crippen molar-refractivity contribution in [2.45, 2.75) is 65.0 Å². The molecule has 2 N–H and O–H groups in total. The molecule has 1 aliphatic rings. The number of halogens is 2. The minimum atomic E-state index is -2.89. The smallest absolute Gasteiger partial charge is 0.387 e. The molecule has 1 fully saturated rings. The van der Waals surface area contributed by atoms with Crippen LogP contribution < -0.4 is 15.4 Å². The van der Waals surface area contributed by atoms with Crippen molar-refractivity contribution in [2.75, 3.05) is 5.32 Å². The number of hydrogen-bond acceptors (Lipinski definition) is 3. The highest BCUT2D eigenvalue weighted by Crippen LogP contribution is 2.42. The summed E-state index contributed by atoms with van der Waals surface area (Å²) in [7, 11) is 0. The first-order valence-electron chi connectivity index (χ1n) is 8.77. The molecule has 1 aromatic rings. The van der Waals surface area contributed by atoms with Gasteiger partial charge >= 0.3 is 6.61 Å². The van der Waals surface area contributed by atoms with E-state index in [2.05, 4.69) is 15.4 Å². The lowest BCUT2D eigenvalue weighted by molar-refractivity contribution is -0.133. The average molecular weight is 368 g/mol. The molecule has 0 radical (unpaired) electrons. The number of amides is 2. The number of nitrogens with one attached hydrogen (secondary N) is 2. The third-order valence-corrected chi connectivity index (χ3v) is 4.39. The summed E-state index contributed by atoms with van der Waals surface area (Å²) in [6, 6.07) is 5.76. The van der Waals surface area contributed by atoms with Crippen molar-refractivity contribution < 1.29 is 23.1 Å². The molecule has 0 aromatic heterocycles. The zero-order chi connectivity index (χ0) is 19.4. The van der Waals surface area contributed by atoms with Crippen LogP contribution in [0.1, 0.15) is 52.9 Å². The van der Waals surface area contributed by atoms with Crippen LogP contribution in [0, 0.1) is 5.41 Å². The predicted molar refractivity (Wildman–Crippen MR) is 95.1 cm³/mol. The van der Waals surface area contributed by atoms with Crippen LogP contribution in [0.2, 0.25) is 0 Å². The highest BCUT2D eigenvalue weighted by molar-refractivity contribution is 5.98. The third-order valence-electron chi connectivity index (χ3n) is 4.39. The van der Waals surface area contributed by atoms with E-state index in [1.54, 1.807) is 0 Å². The standard InChI is InChI=1S/C19H26F2N2O3/c1-18(2,3)23-15(24)12-19(10-4-5-11-19)16(25)22-13-6-8-14(9-7-13)26-17(20)21/h6-9,17H,4-5,10-12H2,1-3H3,(H,22,25)(H,23,24). The van der Waals surface area contributed by atoms with Gasteiger partial charge < -0.3 is 15.4 Å². The summed E-state index contributed by atoms with van der Waals surface area (Å²) in [6.45, 7) is 2.80. The highest BCUT2D eigenvalue weighted by atomic mass is 19.3. The Bertz CT molecular complexity index is 633. The maximum Gasteiger partial charge on any atom is 0.387 e. The summed E-state index contributed by atoms with van der Waals surface area (Å²) in [5.41, 5.74) is -0.597. The van der Waals surface area contributed by atoms with Crippen molar-refractivity contribution in [3.63, 3.8) is 0 Å². The molecule has 26 heavy (non-hydrogen) atoms. The Labute approximate surface area is 152 Å². The number of benzene rings is 1. The number of rotatable bonds is 6. The summed E-state index contributed by atoms with van der Waals surface area (Å²) in [5, 5.41) is 5.72. The molecular formula is C19H26F2N2O3. The number of carbonyl (C=O) groups excluding carboxylic acids is 2. The van der Waals surface area contributed by atoms with E-state index in [4.69, 9.17) is 0 Å². The topological polar surface area (TPSA) is 67.4 Å². The van der Waals surface area contributed by atoms with Gasteiger partial charge in [0.05, 0.1) is 5.41 Å². The lowest BCUT2D eigenvalue weighted by atomic mass is 9.81. The fourth-order valence-corrected chi connectivity index (χ4v) is 3.29. The van der Waals surface area contributed by atoms with Gasteiger partial charge in [-0.25, -0.2) is 0 Å². The lowest BCUT2D eigenvalue weighted by Crippen LogP contribution is -2.45. The molecule has 0 saturated heterocycles. The molecule has 2 rings (SSSR count). The zero-order valence-electron chi connectivity index (χ0n) is 15.4. The lowest BCUT2D eigenvalue weighted by Gasteiger charge is -2.29. The fourth-order valence-electron chi connectivity index (χ4n) is 3.29. The summed E-state index contributed by atoms with van der Waals surface area (Å²) in [5.74, 6) is -0.324. The molecule has 0 bridgehead atoms. The van der Waals surface area contributed by atoms with E-state index in [-0.39, 0.29) is 29.5 Å². The Balaban J connectivity index is 2.05. The maximum atomic E-state index is 12.9. The Morgan fingerprint density at radius 2 is 1.73 bits per heavy atom. The van der Waals surface area contributed by atoms with Crippen molar-refractivity contribution in [1.29, 1.82) is 0 Å². The second-order valence-electron chi connectivity index (χ2n) is 7.82. The van der Waals surface area contributed by atoms with Crippen molar-refractivity contribution in [1.82, 2.24) is 5.32 Å². The highest BCUT2D eigenvalue weighted by Gasteiger charge is 2.43. The Kier molecular flexibility index (Phi) is 6.21. The van der Waals surface area contributed by atoms with E-state index in [1.807, 2.05) is 20.8 Å². The molecule has 0 aliphatic heterocycles. The number of anilines is 1. The monoisotopic (exact) mass is 368 g/mol. The first-order valence-corrected chi connectivity index (χ1v) is 8.77. The number of alkyl halides is 2. The first kappa shape index (κ1) is 20.1. The summed E-state index contributed by atoms with van der Waals surface area (Å²) < 4.78 is 28.7. The Morgan fingerprint density at radius 3 is 2.23 bits per heavy atom. The molecular weight excluding hydrogens is 342 g/mol. The van der Waals surface area contributed by atoms with Crippen molar-refractivity contribution in [3.05, 3.63) is 24.3 Å². The largest absolute Gasteiger partial charge is 0.435 e. The van der Waals surface area contributed by atoms with Gasteiger partial charge in [0.1, 0.15) is 5.75 Å². The minimum absolute atomic E-state index is 0.0260. The van der Waals surface area contributed by atoms with Gasteiger partial charge in [-0.3, -0.25) is 9.59 Å². The van der Waals surface area contributed by atoms with Crippen LogP contribution in [0.15, 0.2) is 24.3 Å². The molecule has 0 heterocycles. The Morgan fingerprint density at radius 1 is 1.15 bits per heavy atom. The van der Waals surface area contributed by atoms with Gasteiger partial charge in [-0.1, -0.05) is 12.8 Å². The van der Waals surface area contributed by atoms with Gasteiger partial charge in [0.15, 0.2) is 0 Å². The van der Waals surface area contributed by atoms with Crippen molar-refractivity contribution in [3.8, 4) is 5.75 Å². The predicted octanol–water partition coefficient (Wildman–Crippen LogP) is 4.09. The molecule has 2 amide bonds. The molecule has 1 saturated carbocycles. The molecule has 1 aliphatic carbocycles. The summed E-state index contributed by atoms with van der Waals surface area (Å²) >= 11 is 0. The van der Waals surface area contributed by atoms with Gasteiger partial charge in [-0.2, -0.15) is 8.78 Å². The van der Waals surface area contributed by atoms with E-state index >= 15 is 0 Å². The van der Waals surface area contributed by atoms with Gasteiger partial charge in [-0.15, -0.1) is 0 Å². The number of carbonyl (C=O) groups is 2. The summed E-state index contributed by atoms with van der Waals surface area (Å²) in [6.07, 6.45) is 3.25. The average Bonchev–Trinajstić information content (AvgIpc) is 2.96. The van der Waals surface area contributed by atoms with Crippen LogP contribution in [0.5, 0.6) is 5.75 Å². The second kappa shape index (κ2) is 8.01. The van der Waals surface area contributed by atoms with Gasteiger partial charge in [-0.05, 0) is 57.9 Å².